The lowest BCUT2D eigenvalue weighted by atomic mass is 9.80. The number of rotatable bonds is 4. The van der Waals surface area contributed by atoms with Crippen LogP contribution >= 0.6 is 0 Å². The summed E-state index contributed by atoms with van der Waals surface area (Å²) in [5, 5.41) is 0. The Kier molecular flexibility index (Phi) is 5.14. The van der Waals surface area contributed by atoms with E-state index in [0.29, 0.717) is 18.2 Å². The van der Waals surface area contributed by atoms with E-state index in [1.807, 2.05) is 30.3 Å². The molecule has 1 fully saturated rings. The van der Waals surface area contributed by atoms with Crippen molar-refractivity contribution in [3.8, 4) is 0 Å². The van der Waals surface area contributed by atoms with Crippen molar-refractivity contribution < 1.29 is 8.42 Å². The van der Waals surface area contributed by atoms with Crippen LogP contribution in [-0.2, 0) is 9.84 Å². The second kappa shape index (κ2) is 7.02. The molecule has 0 saturated heterocycles. The predicted molar refractivity (Wildman–Crippen MR) is 104 cm³/mol. The summed E-state index contributed by atoms with van der Waals surface area (Å²) in [5.41, 5.74) is 2.25. The van der Waals surface area contributed by atoms with Gasteiger partial charge in [0.05, 0.1) is 17.0 Å². The van der Waals surface area contributed by atoms with E-state index >= 15 is 0 Å². The molecule has 0 radical (unpaired) electrons. The largest absolute Gasteiger partial charge is 0.260 e. The van der Waals surface area contributed by atoms with E-state index in [0.717, 1.165) is 37.1 Å². The van der Waals surface area contributed by atoms with Crippen molar-refractivity contribution in [2.75, 3.05) is 12.3 Å². The van der Waals surface area contributed by atoms with E-state index in [1.54, 1.807) is 20.8 Å². The molecule has 2 aliphatic rings. The maximum absolute atomic E-state index is 12.4. The number of amidine groups is 1. The number of sulfone groups is 1. The fourth-order valence-corrected chi connectivity index (χ4v) is 5.00. The van der Waals surface area contributed by atoms with E-state index in [-0.39, 0.29) is 5.92 Å². The third kappa shape index (κ3) is 4.20. The van der Waals surface area contributed by atoms with Crippen molar-refractivity contribution in [3.05, 3.63) is 35.9 Å². The Morgan fingerprint density at radius 1 is 1.04 bits per heavy atom. The summed E-state index contributed by atoms with van der Waals surface area (Å²) < 4.78 is 24.2. The fraction of sp³-hybridized carbons (Fsp3) is 0.600. The van der Waals surface area contributed by atoms with Crippen LogP contribution in [0.1, 0.15) is 52.0 Å². The number of benzene rings is 1. The van der Waals surface area contributed by atoms with Crippen LogP contribution in [0.3, 0.4) is 0 Å². The molecule has 1 aromatic carbocycles. The minimum absolute atomic E-state index is 0.289. The van der Waals surface area contributed by atoms with E-state index < -0.39 is 14.6 Å². The second-order valence-electron chi connectivity index (χ2n) is 8.22. The van der Waals surface area contributed by atoms with Gasteiger partial charge in [-0.2, -0.15) is 0 Å². The average molecular weight is 361 g/mol. The van der Waals surface area contributed by atoms with Crippen molar-refractivity contribution in [1.29, 1.82) is 0 Å². The van der Waals surface area contributed by atoms with Crippen LogP contribution in [0, 0.1) is 11.8 Å². The average Bonchev–Trinajstić information content (AvgIpc) is 3.05. The summed E-state index contributed by atoms with van der Waals surface area (Å²) >= 11 is 0. The minimum Gasteiger partial charge on any atom is -0.260 e. The molecule has 1 heterocycles. The third-order valence-electron chi connectivity index (χ3n) is 5.38. The fourth-order valence-electron chi connectivity index (χ4n) is 3.55. The van der Waals surface area contributed by atoms with Gasteiger partial charge >= 0.3 is 0 Å². The summed E-state index contributed by atoms with van der Waals surface area (Å²) in [6.07, 6.45) is 4.00. The second-order valence-corrected chi connectivity index (χ2v) is 11.0. The van der Waals surface area contributed by atoms with Gasteiger partial charge in [0.2, 0.25) is 0 Å². The Balaban J connectivity index is 1.57. The Morgan fingerprint density at radius 2 is 1.68 bits per heavy atom. The van der Waals surface area contributed by atoms with Gasteiger partial charge in [-0.25, -0.2) is 13.4 Å². The SMILES string of the molecule is CC(C)(C)S(=O)(=O)CC1CCC(C2=NC(c3ccccc3)=NC2)CC1. The molecule has 0 atom stereocenters. The summed E-state index contributed by atoms with van der Waals surface area (Å²) in [4.78, 5) is 9.36. The molecular weight excluding hydrogens is 332 g/mol. The topological polar surface area (TPSA) is 58.9 Å². The van der Waals surface area contributed by atoms with Gasteiger partial charge in [0, 0.05) is 11.3 Å². The third-order valence-corrected chi connectivity index (χ3v) is 8.15. The van der Waals surface area contributed by atoms with Crippen molar-refractivity contribution in [3.63, 3.8) is 0 Å². The van der Waals surface area contributed by atoms with Gasteiger partial charge in [-0.3, -0.25) is 4.99 Å². The predicted octanol–water partition coefficient (Wildman–Crippen LogP) is 3.91. The van der Waals surface area contributed by atoms with Crippen LogP contribution in [0.2, 0.25) is 0 Å². The molecule has 25 heavy (non-hydrogen) atoms. The smallest absolute Gasteiger partial charge is 0.155 e. The van der Waals surface area contributed by atoms with Crippen LogP contribution in [0.5, 0.6) is 0 Å². The van der Waals surface area contributed by atoms with Gasteiger partial charge in [-0.1, -0.05) is 30.3 Å². The molecule has 0 bridgehead atoms. The molecular formula is C20H28N2O2S. The van der Waals surface area contributed by atoms with E-state index in [1.165, 1.54) is 5.71 Å². The zero-order valence-electron chi connectivity index (χ0n) is 15.4. The summed E-state index contributed by atoms with van der Waals surface area (Å²) in [7, 11) is -3.03. The lowest BCUT2D eigenvalue weighted by Crippen LogP contribution is -2.35. The van der Waals surface area contributed by atoms with E-state index in [4.69, 9.17) is 4.99 Å². The highest BCUT2D eigenvalue weighted by Gasteiger charge is 2.34. The van der Waals surface area contributed by atoms with Crippen molar-refractivity contribution in [1.82, 2.24) is 0 Å². The van der Waals surface area contributed by atoms with Gasteiger partial charge in [0.1, 0.15) is 0 Å². The molecule has 0 unspecified atom stereocenters. The number of nitrogens with zero attached hydrogens (tertiary/aromatic N) is 2. The Morgan fingerprint density at radius 3 is 2.28 bits per heavy atom. The van der Waals surface area contributed by atoms with Crippen molar-refractivity contribution in [2.45, 2.75) is 51.2 Å². The molecule has 1 saturated carbocycles. The summed E-state index contributed by atoms with van der Waals surface area (Å²) in [5.74, 6) is 1.91. The molecule has 0 aromatic heterocycles. The Labute approximate surface area is 151 Å². The van der Waals surface area contributed by atoms with Gasteiger partial charge in [-0.15, -0.1) is 0 Å². The van der Waals surface area contributed by atoms with Crippen LogP contribution in [0.4, 0.5) is 0 Å². The first-order valence-electron chi connectivity index (χ1n) is 9.16. The molecule has 4 nitrogen and oxygen atoms in total. The number of hydrogen-bond acceptors (Lipinski definition) is 4. The highest BCUT2D eigenvalue weighted by Crippen LogP contribution is 2.33. The van der Waals surface area contributed by atoms with Crippen LogP contribution in [-0.4, -0.2) is 37.0 Å². The first-order valence-corrected chi connectivity index (χ1v) is 10.8. The molecule has 1 aliphatic heterocycles. The molecule has 136 valence electrons. The monoisotopic (exact) mass is 360 g/mol. The van der Waals surface area contributed by atoms with Gasteiger partial charge < -0.3 is 0 Å². The Bertz CT molecular complexity index is 766. The Hall–Kier alpha value is -1.49. The standard InChI is InChI=1S/C20H28N2O2S/c1-20(2,3)25(23,24)14-15-9-11-16(12-10-15)18-13-21-19(22-18)17-7-5-4-6-8-17/h4-8,15-16H,9-14H2,1-3H3. The summed E-state index contributed by atoms with van der Waals surface area (Å²) in [6, 6.07) is 10.1. The van der Waals surface area contributed by atoms with Crippen molar-refractivity contribution >= 4 is 21.4 Å². The minimum atomic E-state index is -3.03. The summed E-state index contributed by atoms with van der Waals surface area (Å²) in [6.45, 7) is 6.08. The number of hydrogen-bond donors (Lipinski definition) is 0. The zero-order chi connectivity index (χ0) is 18.1. The molecule has 0 spiro atoms. The molecule has 5 heteroatoms. The van der Waals surface area contributed by atoms with Crippen LogP contribution < -0.4 is 0 Å². The quantitative estimate of drug-likeness (QED) is 0.817. The van der Waals surface area contributed by atoms with Crippen LogP contribution in [0.25, 0.3) is 0 Å². The van der Waals surface area contributed by atoms with Gasteiger partial charge in [0.15, 0.2) is 15.7 Å². The molecule has 0 N–H and O–H groups in total. The normalized spacial score (nSPS) is 24.8. The van der Waals surface area contributed by atoms with Gasteiger partial charge in [0.25, 0.3) is 0 Å². The highest BCUT2D eigenvalue weighted by atomic mass is 32.2. The lowest BCUT2D eigenvalue weighted by Gasteiger charge is -2.30. The first-order chi connectivity index (χ1) is 11.8. The molecule has 0 amide bonds. The zero-order valence-corrected chi connectivity index (χ0v) is 16.2. The van der Waals surface area contributed by atoms with E-state index in [9.17, 15) is 8.42 Å². The highest BCUT2D eigenvalue weighted by molar-refractivity contribution is 7.92. The maximum Gasteiger partial charge on any atom is 0.155 e. The maximum atomic E-state index is 12.4. The molecule has 1 aromatic rings. The first kappa shape index (κ1) is 18.3. The van der Waals surface area contributed by atoms with Gasteiger partial charge in [-0.05, 0) is 58.3 Å². The number of aliphatic imine (C=N–C) groups is 2. The lowest BCUT2D eigenvalue weighted by molar-refractivity contribution is 0.342. The van der Waals surface area contributed by atoms with E-state index in [2.05, 4.69) is 4.99 Å². The van der Waals surface area contributed by atoms with Crippen LogP contribution in [0.15, 0.2) is 40.3 Å². The molecule has 1 aliphatic carbocycles. The van der Waals surface area contributed by atoms with Crippen molar-refractivity contribution in [2.24, 2.45) is 21.8 Å². The molecule has 3 rings (SSSR count).